The van der Waals surface area contributed by atoms with E-state index >= 15 is 0 Å². The van der Waals surface area contributed by atoms with E-state index in [0.717, 1.165) is 24.1 Å². The van der Waals surface area contributed by atoms with E-state index in [9.17, 15) is 18.4 Å². The van der Waals surface area contributed by atoms with Crippen LogP contribution in [0, 0.1) is 17.0 Å². The van der Waals surface area contributed by atoms with Crippen molar-refractivity contribution in [2.24, 2.45) is 5.41 Å². The topological polar surface area (TPSA) is 101 Å². The van der Waals surface area contributed by atoms with E-state index < -0.39 is 23.0 Å². The van der Waals surface area contributed by atoms with Gasteiger partial charge in [0.15, 0.2) is 0 Å². The summed E-state index contributed by atoms with van der Waals surface area (Å²) in [6.07, 6.45) is 1.68. The van der Waals surface area contributed by atoms with Crippen LogP contribution in [0.2, 0.25) is 0 Å². The summed E-state index contributed by atoms with van der Waals surface area (Å²) in [5, 5.41) is 17.6. The molecule has 1 aromatic carbocycles. The molecule has 5 rings (SSSR count). The predicted molar refractivity (Wildman–Crippen MR) is 112 cm³/mol. The van der Waals surface area contributed by atoms with Crippen LogP contribution in [0.1, 0.15) is 54.4 Å². The number of H-pyrrole nitrogens is 1. The Hall–Kier alpha value is -3.49. The summed E-state index contributed by atoms with van der Waals surface area (Å²) in [6, 6.07) is 8.06. The van der Waals surface area contributed by atoms with Gasteiger partial charge in [-0.3, -0.25) is 9.59 Å². The zero-order valence-electron chi connectivity index (χ0n) is 17.6. The predicted octanol–water partition coefficient (Wildman–Crippen LogP) is 3.09. The van der Waals surface area contributed by atoms with E-state index in [4.69, 9.17) is 0 Å². The summed E-state index contributed by atoms with van der Waals surface area (Å²) < 4.78 is 28.6. The van der Waals surface area contributed by atoms with Gasteiger partial charge in [0.1, 0.15) is 17.3 Å². The third-order valence-electron chi connectivity index (χ3n) is 7.30. The molecule has 2 aliphatic carbocycles. The Balaban J connectivity index is 1.50. The van der Waals surface area contributed by atoms with Crippen LogP contribution in [0.5, 0.6) is 0 Å². The van der Waals surface area contributed by atoms with Crippen LogP contribution in [0.4, 0.5) is 8.78 Å². The minimum atomic E-state index is -0.683. The Labute approximate surface area is 182 Å². The number of nitrogens with one attached hydrogen (secondary N) is 2. The van der Waals surface area contributed by atoms with Crippen LogP contribution in [-0.2, 0) is 5.41 Å². The first kappa shape index (κ1) is 20.4. The van der Waals surface area contributed by atoms with Crippen LogP contribution in [-0.4, -0.2) is 32.8 Å². The highest BCUT2D eigenvalue weighted by Crippen LogP contribution is 2.67. The van der Waals surface area contributed by atoms with Crippen LogP contribution in [0.3, 0.4) is 0 Å². The summed E-state index contributed by atoms with van der Waals surface area (Å²) in [4.78, 5) is 23.8. The number of benzene rings is 1. The van der Waals surface area contributed by atoms with E-state index in [1.54, 1.807) is 6.07 Å². The summed E-state index contributed by atoms with van der Waals surface area (Å²) in [7, 11) is 0. The highest BCUT2D eigenvalue weighted by atomic mass is 19.1. The second-order valence-corrected chi connectivity index (χ2v) is 9.01. The molecular formula is C23H21F2N5O2. The SMILES string of the molecule is CC1(C)[C@H]2CC[C@]1(CNC(=O)c1ccc(=O)[nH]n1)c1nnc(-c3c(F)cccc3F)cc12. The van der Waals surface area contributed by atoms with E-state index in [-0.39, 0.29) is 33.8 Å². The molecule has 2 aliphatic rings. The molecule has 0 spiro atoms. The van der Waals surface area contributed by atoms with E-state index in [1.165, 1.54) is 30.3 Å². The lowest BCUT2D eigenvalue weighted by molar-refractivity contribution is 0.0918. The molecule has 2 atom stereocenters. The molecule has 2 bridgehead atoms. The molecule has 32 heavy (non-hydrogen) atoms. The van der Waals surface area contributed by atoms with Crippen molar-refractivity contribution < 1.29 is 13.6 Å². The summed E-state index contributed by atoms with van der Waals surface area (Å²) in [5.41, 5.74) is 0.672. The zero-order chi connectivity index (χ0) is 22.7. The van der Waals surface area contributed by atoms with Gasteiger partial charge in [0.2, 0.25) is 0 Å². The average molecular weight is 437 g/mol. The van der Waals surface area contributed by atoms with Crippen LogP contribution in [0.15, 0.2) is 41.2 Å². The van der Waals surface area contributed by atoms with Gasteiger partial charge in [0.05, 0.1) is 17.0 Å². The molecule has 2 aromatic heterocycles. The molecule has 1 fully saturated rings. The van der Waals surface area contributed by atoms with Crippen molar-refractivity contribution in [1.82, 2.24) is 25.7 Å². The molecule has 9 heteroatoms. The van der Waals surface area contributed by atoms with Gasteiger partial charge >= 0.3 is 0 Å². The van der Waals surface area contributed by atoms with Crippen molar-refractivity contribution in [3.8, 4) is 11.3 Å². The van der Waals surface area contributed by atoms with Crippen LogP contribution < -0.4 is 10.9 Å². The van der Waals surface area contributed by atoms with Crippen LogP contribution in [0.25, 0.3) is 11.3 Å². The minimum absolute atomic E-state index is 0.114. The average Bonchev–Trinajstić information content (AvgIpc) is 3.13. The first-order chi connectivity index (χ1) is 15.2. The van der Waals surface area contributed by atoms with Crippen LogP contribution >= 0.6 is 0 Å². The lowest BCUT2D eigenvalue weighted by Gasteiger charge is -2.37. The number of aromatic amines is 1. The Kier molecular flexibility index (Phi) is 4.47. The molecular weight excluding hydrogens is 416 g/mol. The molecule has 0 radical (unpaired) electrons. The Bertz CT molecular complexity index is 1270. The quantitative estimate of drug-likeness (QED) is 0.653. The van der Waals surface area contributed by atoms with Gasteiger partial charge in [-0.2, -0.15) is 15.3 Å². The fourth-order valence-electron chi connectivity index (χ4n) is 5.48. The fraction of sp³-hybridized carbons (Fsp3) is 0.348. The largest absolute Gasteiger partial charge is 0.350 e. The maximum atomic E-state index is 14.3. The van der Waals surface area contributed by atoms with E-state index in [0.29, 0.717) is 6.54 Å². The summed E-state index contributed by atoms with van der Waals surface area (Å²) in [5.74, 6) is -1.64. The van der Waals surface area contributed by atoms with E-state index in [2.05, 4.69) is 39.6 Å². The van der Waals surface area contributed by atoms with Crippen molar-refractivity contribution in [2.45, 2.75) is 38.0 Å². The highest BCUT2D eigenvalue weighted by Gasteiger charge is 2.63. The van der Waals surface area contributed by atoms with Gasteiger partial charge < -0.3 is 5.32 Å². The number of hydrogen-bond acceptors (Lipinski definition) is 5. The van der Waals surface area contributed by atoms with Gasteiger partial charge in [-0.25, -0.2) is 13.9 Å². The number of nitrogens with zero attached hydrogens (tertiary/aromatic N) is 3. The first-order valence-corrected chi connectivity index (χ1v) is 10.4. The zero-order valence-corrected chi connectivity index (χ0v) is 17.6. The molecule has 164 valence electrons. The molecule has 0 saturated heterocycles. The van der Waals surface area contributed by atoms with Gasteiger partial charge in [-0.1, -0.05) is 19.9 Å². The first-order valence-electron chi connectivity index (χ1n) is 10.4. The van der Waals surface area contributed by atoms with Crippen molar-refractivity contribution in [1.29, 1.82) is 0 Å². The van der Waals surface area contributed by atoms with Crippen molar-refractivity contribution in [3.05, 3.63) is 75.3 Å². The van der Waals surface area contributed by atoms with Crippen molar-refractivity contribution >= 4 is 5.91 Å². The molecule has 0 unspecified atom stereocenters. The summed E-state index contributed by atoms with van der Waals surface area (Å²) in [6.45, 7) is 4.56. The molecule has 1 saturated carbocycles. The number of fused-ring (bicyclic) bond motifs is 5. The Morgan fingerprint density at radius 2 is 1.94 bits per heavy atom. The van der Waals surface area contributed by atoms with Crippen molar-refractivity contribution in [3.63, 3.8) is 0 Å². The maximum absolute atomic E-state index is 14.3. The van der Waals surface area contributed by atoms with Gasteiger partial charge in [-0.15, -0.1) is 0 Å². The van der Waals surface area contributed by atoms with Gasteiger partial charge in [0, 0.05) is 18.0 Å². The molecule has 1 amide bonds. The second-order valence-electron chi connectivity index (χ2n) is 9.01. The van der Waals surface area contributed by atoms with Gasteiger partial charge in [0.25, 0.3) is 11.5 Å². The standard InChI is InChI=1S/C23H21F2N5O2/c1-22(2)13-8-9-23(22,11-26-21(32)16-6-7-18(31)29-27-16)20-12(13)10-17(28-30-20)19-14(24)4-3-5-15(19)25/h3-7,10,13H,8-9,11H2,1-2H3,(H,26,32)(H,29,31)/t13-,23-/m0/s1. The number of hydrogen-bond donors (Lipinski definition) is 2. The second kappa shape index (κ2) is 7.01. The Morgan fingerprint density at radius 3 is 2.62 bits per heavy atom. The fourth-order valence-corrected chi connectivity index (χ4v) is 5.48. The number of carbonyl (C=O) groups is 1. The molecule has 0 aliphatic heterocycles. The highest BCUT2D eigenvalue weighted by molar-refractivity contribution is 5.92. The van der Waals surface area contributed by atoms with Crippen molar-refractivity contribution in [2.75, 3.05) is 6.54 Å². The molecule has 3 aromatic rings. The summed E-state index contributed by atoms with van der Waals surface area (Å²) >= 11 is 0. The third-order valence-corrected chi connectivity index (χ3v) is 7.30. The third kappa shape index (κ3) is 2.80. The minimum Gasteiger partial charge on any atom is -0.350 e. The number of carbonyl (C=O) groups excluding carboxylic acids is 1. The lowest BCUT2D eigenvalue weighted by atomic mass is 9.68. The smallest absolute Gasteiger partial charge is 0.271 e. The molecule has 2 N–H and O–H groups in total. The normalized spacial score (nSPS) is 22.6. The number of rotatable bonds is 4. The number of amides is 1. The monoisotopic (exact) mass is 437 g/mol. The lowest BCUT2D eigenvalue weighted by Crippen LogP contribution is -2.46. The molecule has 2 heterocycles. The maximum Gasteiger partial charge on any atom is 0.271 e. The van der Waals surface area contributed by atoms with E-state index in [1.807, 2.05) is 0 Å². The molecule has 7 nitrogen and oxygen atoms in total. The van der Waals surface area contributed by atoms with Gasteiger partial charge in [-0.05, 0) is 54.0 Å². The Morgan fingerprint density at radius 1 is 1.19 bits per heavy atom. The number of aromatic nitrogens is 4. The number of halogens is 2.